The molecular weight excluding hydrogens is 176 g/mol. The average molecular weight is 191 g/mol. The van der Waals surface area contributed by atoms with Crippen LogP contribution in [0.2, 0.25) is 0 Å². The van der Waals surface area contributed by atoms with Crippen LogP contribution < -0.4 is 5.32 Å². The maximum atomic E-state index is 11.5. The van der Waals surface area contributed by atoms with Gasteiger partial charge in [0.2, 0.25) is 0 Å². The molecule has 0 aliphatic carbocycles. The van der Waals surface area contributed by atoms with Gasteiger partial charge in [-0.3, -0.25) is 4.79 Å². The quantitative estimate of drug-likeness (QED) is 0.762. The monoisotopic (exact) mass is 191 g/mol. The maximum Gasteiger partial charge on any atom is 0.251 e. The number of benzene rings is 1. The van der Waals surface area contributed by atoms with E-state index in [9.17, 15) is 4.79 Å². The summed E-state index contributed by atoms with van der Waals surface area (Å²) >= 11 is 0. The predicted molar refractivity (Wildman–Crippen MR) is 56.2 cm³/mol. The number of rotatable bonds is 4. The lowest BCUT2D eigenvalue weighted by atomic mass is 10.2. The highest BCUT2D eigenvalue weighted by molar-refractivity contribution is 5.93. The van der Waals surface area contributed by atoms with Gasteiger partial charge in [-0.25, -0.2) is 0 Å². The molecule has 0 fully saturated rings. The van der Waals surface area contributed by atoms with E-state index in [0.717, 1.165) is 6.54 Å². The van der Waals surface area contributed by atoms with Crippen molar-refractivity contribution >= 4 is 5.91 Å². The first-order valence-corrected chi connectivity index (χ1v) is 4.60. The molecule has 0 aromatic heterocycles. The number of carbonyl (C=O) groups excluding carboxylic acids is 1. The molecule has 0 atom stereocenters. The third-order valence-corrected chi connectivity index (χ3v) is 1.80. The molecule has 3 heteroatoms. The molecule has 0 aliphatic heterocycles. The molecule has 0 saturated carbocycles. The third kappa shape index (κ3) is 3.58. The van der Waals surface area contributed by atoms with Crippen molar-refractivity contribution in [2.24, 2.45) is 0 Å². The fourth-order valence-electron chi connectivity index (χ4n) is 1.02. The first-order valence-electron chi connectivity index (χ1n) is 4.60. The van der Waals surface area contributed by atoms with Gasteiger partial charge in [0, 0.05) is 18.7 Å². The highest BCUT2D eigenvalue weighted by Gasteiger charge is 2.02. The molecule has 0 bridgehead atoms. The molecule has 0 aliphatic rings. The van der Waals surface area contributed by atoms with Crippen LogP contribution in [0.1, 0.15) is 10.4 Å². The van der Waals surface area contributed by atoms with Crippen LogP contribution in [0, 0.1) is 6.07 Å². The van der Waals surface area contributed by atoms with E-state index >= 15 is 0 Å². The lowest BCUT2D eigenvalue weighted by Crippen LogP contribution is -2.31. The number of nitrogens with one attached hydrogen (secondary N) is 1. The van der Waals surface area contributed by atoms with E-state index < -0.39 is 0 Å². The van der Waals surface area contributed by atoms with Crippen LogP contribution in [0.3, 0.4) is 0 Å². The lowest BCUT2D eigenvalue weighted by molar-refractivity contribution is 0.0951. The van der Waals surface area contributed by atoms with E-state index in [-0.39, 0.29) is 5.91 Å². The molecule has 0 saturated heterocycles. The van der Waals surface area contributed by atoms with E-state index in [0.29, 0.717) is 12.1 Å². The van der Waals surface area contributed by atoms with Crippen molar-refractivity contribution in [3.8, 4) is 0 Å². The largest absolute Gasteiger partial charge is 0.351 e. The van der Waals surface area contributed by atoms with Crippen LogP contribution in [-0.2, 0) is 0 Å². The molecular formula is C11H15N2O. The molecule has 1 aromatic carbocycles. The molecule has 0 heterocycles. The molecule has 0 spiro atoms. The zero-order valence-electron chi connectivity index (χ0n) is 8.58. The number of hydrogen-bond donors (Lipinski definition) is 1. The summed E-state index contributed by atoms with van der Waals surface area (Å²) < 4.78 is 0. The Morgan fingerprint density at radius 2 is 2.29 bits per heavy atom. The van der Waals surface area contributed by atoms with Crippen LogP contribution in [0.25, 0.3) is 0 Å². The van der Waals surface area contributed by atoms with Crippen molar-refractivity contribution in [1.82, 2.24) is 10.2 Å². The van der Waals surface area contributed by atoms with E-state index in [1.54, 1.807) is 12.1 Å². The second-order valence-electron chi connectivity index (χ2n) is 3.34. The summed E-state index contributed by atoms with van der Waals surface area (Å²) in [5, 5.41) is 2.82. The highest BCUT2D eigenvalue weighted by Crippen LogP contribution is 1.96. The average Bonchev–Trinajstić information content (AvgIpc) is 2.18. The Balaban J connectivity index is 2.36. The number of likely N-dealkylation sites (N-methyl/N-ethyl adjacent to an activating group) is 1. The van der Waals surface area contributed by atoms with E-state index in [1.165, 1.54) is 0 Å². The SMILES string of the molecule is CN(C)CCNC(=O)c1[c]cccc1. The molecule has 1 rings (SSSR count). The van der Waals surface area contributed by atoms with Gasteiger partial charge in [-0.2, -0.15) is 0 Å². The van der Waals surface area contributed by atoms with Crippen LogP contribution in [0.15, 0.2) is 24.3 Å². The number of amides is 1. The van der Waals surface area contributed by atoms with Gasteiger partial charge in [0.15, 0.2) is 0 Å². The van der Waals surface area contributed by atoms with Crippen molar-refractivity contribution in [3.05, 3.63) is 35.9 Å². The van der Waals surface area contributed by atoms with E-state index in [4.69, 9.17) is 0 Å². The van der Waals surface area contributed by atoms with E-state index in [1.807, 2.05) is 31.1 Å². The molecule has 75 valence electrons. The van der Waals surface area contributed by atoms with Gasteiger partial charge in [-0.05, 0) is 26.2 Å². The van der Waals surface area contributed by atoms with Crippen molar-refractivity contribution in [1.29, 1.82) is 0 Å². The normalized spacial score (nSPS) is 10.2. The molecule has 0 unspecified atom stereocenters. The first kappa shape index (κ1) is 10.7. The Kier molecular flexibility index (Phi) is 4.13. The summed E-state index contributed by atoms with van der Waals surface area (Å²) in [4.78, 5) is 13.5. The van der Waals surface area contributed by atoms with Gasteiger partial charge < -0.3 is 10.2 Å². The topological polar surface area (TPSA) is 32.3 Å². The Labute approximate surface area is 84.7 Å². The smallest absolute Gasteiger partial charge is 0.251 e. The minimum absolute atomic E-state index is 0.0625. The van der Waals surface area contributed by atoms with Crippen molar-refractivity contribution in [3.63, 3.8) is 0 Å². The fourth-order valence-corrected chi connectivity index (χ4v) is 1.02. The molecule has 1 aromatic rings. The number of carbonyl (C=O) groups is 1. The fraction of sp³-hybridized carbons (Fsp3) is 0.364. The molecule has 1 amide bonds. The number of hydrogen-bond acceptors (Lipinski definition) is 2. The van der Waals surface area contributed by atoms with Gasteiger partial charge in [0.1, 0.15) is 0 Å². The summed E-state index contributed by atoms with van der Waals surface area (Å²) in [5.41, 5.74) is 0.589. The molecule has 1 radical (unpaired) electrons. The Morgan fingerprint density at radius 1 is 1.50 bits per heavy atom. The summed E-state index contributed by atoms with van der Waals surface area (Å²) in [6.07, 6.45) is 0. The standard InChI is InChI=1S/C11H15N2O/c1-13(2)9-8-12-11(14)10-6-4-3-5-7-10/h3-6H,8-9H2,1-2H3,(H,12,14). The van der Waals surface area contributed by atoms with Gasteiger partial charge in [-0.1, -0.05) is 18.2 Å². The minimum Gasteiger partial charge on any atom is -0.351 e. The highest BCUT2D eigenvalue weighted by atomic mass is 16.1. The molecule has 14 heavy (non-hydrogen) atoms. The van der Waals surface area contributed by atoms with Crippen molar-refractivity contribution in [2.45, 2.75) is 0 Å². The molecule has 1 N–H and O–H groups in total. The Bertz CT molecular complexity index is 283. The minimum atomic E-state index is -0.0625. The zero-order valence-corrected chi connectivity index (χ0v) is 8.58. The van der Waals surface area contributed by atoms with Crippen LogP contribution in [-0.4, -0.2) is 38.0 Å². The van der Waals surface area contributed by atoms with Gasteiger partial charge in [0.05, 0.1) is 0 Å². The summed E-state index contributed by atoms with van der Waals surface area (Å²) in [6, 6.07) is 10.0. The van der Waals surface area contributed by atoms with Crippen LogP contribution in [0.4, 0.5) is 0 Å². The Hall–Kier alpha value is -1.35. The number of nitrogens with zero attached hydrogens (tertiary/aromatic N) is 1. The van der Waals surface area contributed by atoms with Gasteiger partial charge >= 0.3 is 0 Å². The lowest BCUT2D eigenvalue weighted by Gasteiger charge is -2.10. The maximum absolute atomic E-state index is 11.5. The van der Waals surface area contributed by atoms with Gasteiger partial charge in [0.25, 0.3) is 5.91 Å². The Morgan fingerprint density at radius 3 is 2.86 bits per heavy atom. The van der Waals surface area contributed by atoms with E-state index in [2.05, 4.69) is 11.4 Å². The first-order chi connectivity index (χ1) is 6.70. The predicted octanol–water partition coefficient (Wildman–Crippen LogP) is 0.778. The summed E-state index contributed by atoms with van der Waals surface area (Å²) in [7, 11) is 3.95. The second-order valence-corrected chi connectivity index (χ2v) is 3.34. The third-order valence-electron chi connectivity index (χ3n) is 1.80. The van der Waals surface area contributed by atoms with Crippen molar-refractivity contribution in [2.75, 3.05) is 27.2 Å². The second kappa shape index (κ2) is 5.40. The van der Waals surface area contributed by atoms with Crippen LogP contribution in [0.5, 0.6) is 0 Å². The zero-order chi connectivity index (χ0) is 10.4. The van der Waals surface area contributed by atoms with Crippen LogP contribution >= 0.6 is 0 Å². The van der Waals surface area contributed by atoms with Crippen molar-refractivity contribution < 1.29 is 4.79 Å². The summed E-state index contributed by atoms with van der Waals surface area (Å²) in [5.74, 6) is -0.0625. The van der Waals surface area contributed by atoms with Gasteiger partial charge in [-0.15, -0.1) is 0 Å². The summed E-state index contributed by atoms with van der Waals surface area (Å²) in [6.45, 7) is 1.51. The molecule has 3 nitrogen and oxygen atoms in total.